The van der Waals surface area contributed by atoms with Crippen molar-refractivity contribution in [2.45, 2.75) is 63.3 Å². The summed E-state index contributed by atoms with van der Waals surface area (Å²) in [6.07, 6.45) is 5.02. The van der Waals surface area contributed by atoms with E-state index in [1.165, 1.54) is 4.31 Å². The second-order valence-electron chi connectivity index (χ2n) is 7.40. The van der Waals surface area contributed by atoms with E-state index in [4.69, 9.17) is 0 Å². The predicted octanol–water partition coefficient (Wildman–Crippen LogP) is 2.38. The minimum absolute atomic E-state index is 0.00503. The first-order valence-electron chi connectivity index (χ1n) is 8.26. The fourth-order valence-corrected chi connectivity index (χ4v) is 6.29. The fourth-order valence-electron chi connectivity index (χ4n) is 4.35. The van der Waals surface area contributed by atoms with Crippen LogP contribution in [0.15, 0.2) is 0 Å². The molecule has 1 saturated heterocycles. The third-order valence-corrected chi connectivity index (χ3v) is 7.55. The summed E-state index contributed by atoms with van der Waals surface area (Å²) in [5.74, 6) is -4.22. The van der Waals surface area contributed by atoms with Gasteiger partial charge in [-0.3, -0.25) is 0 Å². The lowest BCUT2D eigenvalue weighted by Crippen LogP contribution is -2.55. The lowest BCUT2D eigenvalue weighted by atomic mass is 9.77. The van der Waals surface area contributed by atoms with Crippen LogP contribution in [0.25, 0.3) is 0 Å². The van der Waals surface area contributed by atoms with Crippen LogP contribution in [-0.2, 0) is 10.0 Å². The maximum Gasteiger partial charge on any atom is 0.263 e. The molecule has 3 aliphatic rings. The van der Waals surface area contributed by atoms with E-state index in [-0.39, 0.29) is 25.0 Å². The predicted molar refractivity (Wildman–Crippen MR) is 79.2 cm³/mol. The number of fused-ring (bicyclic) bond motifs is 1. The molecular weight excluding hydrogens is 312 g/mol. The van der Waals surface area contributed by atoms with E-state index in [1.54, 1.807) is 0 Å². The van der Waals surface area contributed by atoms with Crippen molar-refractivity contribution in [3.8, 4) is 0 Å². The quantitative estimate of drug-likeness (QED) is 0.809. The highest BCUT2D eigenvalue weighted by Gasteiger charge is 2.52. The Hall–Kier alpha value is -0.270. The second kappa shape index (κ2) is 5.67. The molecule has 0 spiro atoms. The summed E-state index contributed by atoms with van der Waals surface area (Å²) >= 11 is 0. The Kier molecular flexibility index (Phi) is 4.27. The Morgan fingerprint density at radius 1 is 1.18 bits per heavy atom. The molecule has 1 aliphatic heterocycles. The zero-order valence-electron chi connectivity index (χ0n) is 12.8. The molecule has 2 saturated carbocycles. The van der Waals surface area contributed by atoms with Crippen LogP contribution in [0.4, 0.5) is 8.78 Å². The topological polar surface area (TPSA) is 57.6 Å². The van der Waals surface area contributed by atoms with Gasteiger partial charge < -0.3 is 5.11 Å². The van der Waals surface area contributed by atoms with Gasteiger partial charge >= 0.3 is 0 Å². The van der Waals surface area contributed by atoms with Gasteiger partial charge in [0.25, 0.3) is 5.92 Å². The maximum atomic E-state index is 14.0. The molecular formula is C15H25F2NO3S. The molecule has 0 amide bonds. The van der Waals surface area contributed by atoms with Gasteiger partial charge in [0.1, 0.15) is 5.75 Å². The van der Waals surface area contributed by atoms with Crippen LogP contribution in [0.3, 0.4) is 0 Å². The van der Waals surface area contributed by atoms with Crippen LogP contribution in [0.1, 0.15) is 51.4 Å². The summed E-state index contributed by atoms with van der Waals surface area (Å²) in [5, 5.41) is 9.73. The van der Waals surface area contributed by atoms with E-state index in [0.717, 1.165) is 32.1 Å². The summed E-state index contributed by atoms with van der Waals surface area (Å²) < 4.78 is 54.5. The number of alkyl halides is 2. The number of sulfonamides is 1. The summed E-state index contributed by atoms with van der Waals surface area (Å²) in [5.41, 5.74) is -0.406. The molecule has 0 radical (unpaired) electrons. The van der Waals surface area contributed by atoms with Gasteiger partial charge in [0, 0.05) is 24.4 Å². The summed E-state index contributed by atoms with van der Waals surface area (Å²) in [6, 6.07) is -0.298. The number of rotatable bonds is 6. The van der Waals surface area contributed by atoms with Gasteiger partial charge in [0.2, 0.25) is 10.0 Å². The SMILES string of the molecule is O=S(=O)(CC(F)(F)CC1CC1)N1CCC[C@@]2(CO)CCC[C@@H]12. The molecule has 0 aromatic heterocycles. The van der Waals surface area contributed by atoms with Crippen LogP contribution >= 0.6 is 0 Å². The smallest absolute Gasteiger partial charge is 0.263 e. The molecule has 0 unspecified atom stereocenters. The van der Waals surface area contributed by atoms with Crippen LogP contribution in [-0.4, -0.2) is 48.7 Å². The molecule has 3 rings (SSSR count). The summed E-state index contributed by atoms with van der Waals surface area (Å²) in [4.78, 5) is 0. The highest BCUT2D eigenvalue weighted by atomic mass is 32.2. The molecule has 22 heavy (non-hydrogen) atoms. The number of hydrogen-bond acceptors (Lipinski definition) is 3. The van der Waals surface area contributed by atoms with E-state index in [9.17, 15) is 22.3 Å². The van der Waals surface area contributed by atoms with E-state index in [2.05, 4.69) is 0 Å². The number of nitrogens with zero attached hydrogens (tertiary/aromatic N) is 1. The van der Waals surface area contributed by atoms with Crippen molar-refractivity contribution in [2.24, 2.45) is 11.3 Å². The van der Waals surface area contributed by atoms with Crippen molar-refractivity contribution in [3.05, 3.63) is 0 Å². The average Bonchev–Trinajstić information content (AvgIpc) is 3.11. The van der Waals surface area contributed by atoms with Gasteiger partial charge in [-0.25, -0.2) is 17.2 Å². The van der Waals surface area contributed by atoms with Crippen molar-refractivity contribution < 1.29 is 22.3 Å². The Balaban J connectivity index is 1.76. The van der Waals surface area contributed by atoms with Gasteiger partial charge in [0.05, 0.1) is 6.61 Å². The summed E-state index contributed by atoms with van der Waals surface area (Å²) in [7, 11) is -3.99. The highest BCUT2D eigenvalue weighted by Crippen LogP contribution is 2.49. The van der Waals surface area contributed by atoms with Gasteiger partial charge in [0.15, 0.2) is 0 Å². The molecule has 4 nitrogen and oxygen atoms in total. The molecule has 0 aromatic carbocycles. The van der Waals surface area contributed by atoms with E-state index < -0.39 is 27.1 Å². The number of halogens is 2. The number of piperidine rings is 1. The number of aliphatic hydroxyl groups excluding tert-OH is 1. The molecule has 2 atom stereocenters. The van der Waals surface area contributed by atoms with Gasteiger partial charge in [-0.05, 0) is 44.4 Å². The first-order valence-corrected chi connectivity index (χ1v) is 9.87. The largest absolute Gasteiger partial charge is 0.396 e. The first-order chi connectivity index (χ1) is 10.3. The Labute approximate surface area is 130 Å². The molecule has 3 fully saturated rings. The number of hydrogen-bond donors (Lipinski definition) is 1. The van der Waals surface area contributed by atoms with Crippen molar-refractivity contribution >= 4 is 10.0 Å². The lowest BCUT2D eigenvalue weighted by Gasteiger charge is -2.45. The molecule has 7 heteroatoms. The molecule has 0 bridgehead atoms. The van der Waals surface area contributed by atoms with Crippen LogP contribution < -0.4 is 0 Å². The lowest BCUT2D eigenvalue weighted by molar-refractivity contribution is 0.00542. The van der Waals surface area contributed by atoms with Crippen LogP contribution in [0.5, 0.6) is 0 Å². The van der Waals surface area contributed by atoms with Gasteiger partial charge in [-0.1, -0.05) is 6.42 Å². The summed E-state index contributed by atoms with van der Waals surface area (Å²) in [6.45, 7) is 0.260. The first kappa shape index (κ1) is 16.6. The van der Waals surface area contributed by atoms with E-state index >= 15 is 0 Å². The second-order valence-corrected chi connectivity index (χ2v) is 9.32. The number of aliphatic hydroxyl groups is 1. The molecule has 128 valence electrons. The van der Waals surface area contributed by atoms with Crippen molar-refractivity contribution in [1.82, 2.24) is 4.31 Å². The van der Waals surface area contributed by atoms with Crippen molar-refractivity contribution in [2.75, 3.05) is 18.9 Å². The van der Waals surface area contributed by atoms with Crippen molar-refractivity contribution in [3.63, 3.8) is 0 Å². The Bertz CT molecular complexity index is 521. The zero-order chi connectivity index (χ0) is 16.0. The fraction of sp³-hybridized carbons (Fsp3) is 1.00. The molecule has 1 heterocycles. The third kappa shape index (κ3) is 3.17. The van der Waals surface area contributed by atoms with Gasteiger partial charge in [-0.2, -0.15) is 4.31 Å². The molecule has 0 aromatic rings. The molecule has 2 aliphatic carbocycles. The van der Waals surface area contributed by atoms with Crippen LogP contribution in [0.2, 0.25) is 0 Å². The van der Waals surface area contributed by atoms with E-state index in [1.807, 2.05) is 0 Å². The zero-order valence-corrected chi connectivity index (χ0v) is 13.6. The van der Waals surface area contributed by atoms with Gasteiger partial charge in [-0.15, -0.1) is 0 Å². The van der Waals surface area contributed by atoms with E-state index in [0.29, 0.717) is 19.4 Å². The third-order valence-electron chi connectivity index (χ3n) is 5.61. The average molecular weight is 337 g/mol. The minimum atomic E-state index is -3.99. The Morgan fingerprint density at radius 3 is 2.50 bits per heavy atom. The standard InChI is InChI=1S/C15H25F2NO3S/c16-15(17,9-12-4-5-12)11-22(20,21)18-8-2-7-14(10-19)6-1-3-13(14)18/h12-13,19H,1-11H2/t13-,14-/m1/s1. The minimum Gasteiger partial charge on any atom is -0.396 e. The monoisotopic (exact) mass is 337 g/mol. The maximum absolute atomic E-state index is 14.0. The Morgan fingerprint density at radius 2 is 1.86 bits per heavy atom. The normalized spacial score (nSPS) is 33.9. The van der Waals surface area contributed by atoms with Crippen LogP contribution in [0, 0.1) is 11.3 Å². The molecule has 1 N–H and O–H groups in total. The van der Waals surface area contributed by atoms with Crippen molar-refractivity contribution in [1.29, 1.82) is 0 Å². The highest BCUT2D eigenvalue weighted by molar-refractivity contribution is 7.89.